The van der Waals surface area contributed by atoms with E-state index in [0.717, 1.165) is 11.1 Å². The number of hydrogen-bond acceptors (Lipinski definition) is 3. The van der Waals surface area contributed by atoms with Crippen LogP contribution in [0.15, 0.2) is 48.5 Å². The van der Waals surface area contributed by atoms with Crippen LogP contribution in [-0.2, 0) is 0 Å². The van der Waals surface area contributed by atoms with Crippen molar-refractivity contribution in [1.82, 2.24) is 4.90 Å². The Morgan fingerprint density at radius 1 is 1.04 bits per heavy atom. The number of fused-ring (bicyclic) bond motifs is 1. The molecule has 2 amide bonds. The van der Waals surface area contributed by atoms with Gasteiger partial charge in [-0.2, -0.15) is 0 Å². The molecule has 0 saturated heterocycles. The predicted molar refractivity (Wildman–Crippen MR) is 90.4 cm³/mol. The van der Waals surface area contributed by atoms with Crippen molar-refractivity contribution in [3.63, 3.8) is 0 Å². The molecule has 1 aliphatic rings. The van der Waals surface area contributed by atoms with Crippen molar-refractivity contribution in [3.05, 3.63) is 70.8 Å². The van der Waals surface area contributed by atoms with E-state index in [4.69, 9.17) is 5.11 Å². The molecule has 1 atom stereocenters. The van der Waals surface area contributed by atoms with E-state index in [0.29, 0.717) is 17.5 Å². The van der Waals surface area contributed by atoms with Gasteiger partial charge >= 0.3 is 0 Å². The minimum atomic E-state index is -0.378. The van der Waals surface area contributed by atoms with Gasteiger partial charge in [0.2, 0.25) is 0 Å². The lowest BCUT2D eigenvalue weighted by molar-refractivity contribution is 0.0595. The molecule has 1 heterocycles. The van der Waals surface area contributed by atoms with E-state index in [2.05, 4.69) is 11.8 Å². The number of carbonyl (C=O) groups is 2. The van der Waals surface area contributed by atoms with Crippen molar-refractivity contribution >= 4 is 11.8 Å². The van der Waals surface area contributed by atoms with Gasteiger partial charge in [0.25, 0.3) is 11.8 Å². The lowest BCUT2D eigenvalue weighted by Crippen LogP contribution is -2.32. The molecule has 0 aliphatic carbocycles. The first-order chi connectivity index (χ1) is 11.6. The van der Waals surface area contributed by atoms with E-state index in [1.165, 1.54) is 4.90 Å². The van der Waals surface area contributed by atoms with Crippen LogP contribution in [0.1, 0.15) is 51.2 Å². The normalized spacial score (nSPS) is 14.2. The van der Waals surface area contributed by atoms with E-state index in [9.17, 15) is 9.59 Å². The summed E-state index contributed by atoms with van der Waals surface area (Å²) in [7, 11) is 0. The van der Waals surface area contributed by atoms with E-state index in [1.54, 1.807) is 24.3 Å². The molecular formula is C20H17NO3. The Bertz CT molecular complexity index is 825. The van der Waals surface area contributed by atoms with Crippen LogP contribution in [0.5, 0.6) is 0 Å². The number of rotatable bonds is 3. The van der Waals surface area contributed by atoms with Gasteiger partial charge in [0.1, 0.15) is 0 Å². The van der Waals surface area contributed by atoms with Crippen LogP contribution >= 0.6 is 0 Å². The Morgan fingerprint density at radius 3 is 2.33 bits per heavy atom. The molecule has 1 aliphatic heterocycles. The topological polar surface area (TPSA) is 57.6 Å². The fraction of sp³-hybridized carbons (Fsp3) is 0.200. The second-order valence-electron chi connectivity index (χ2n) is 5.60. The molecular weight excluding hydrogens is 302 g/mol. The van der Waals surface area contributed by atoms with Gasteiger partial charge in [0, 0.05) is 12.0 Å². The van der Waals surface area contributed by atoms with Crippen molar-refractivity contribution in [3.8, 4) is 11.8 Å². The predicted octanol–water partition coefficient (Wildman–Crippen LogP) is 2.78. The van der Waals surface area contributed by atoms with E-state index in [1.807, 2.05) is 31.2 Å². The zero-order chi connectivity index (χ0) is 17.1. The maximum absolute atomic E-state index is 12.6. The van der Waals surface area contributed by atoms with Gasteiger partial charge < -0.3 is 5.11 Å². The summed E-state index contributed by atoms with van der Waals surface area (Å²) in [6, 6.07) is 14.0. The van der Waals surface area contributed by atoms with E-state index < -0.39 is 0 Å². The molecule has 0 saturated carbocycles. The van der Waals surface area contributed by atoms with Gasteiger partial charge in [-0.3, -0.25) is 14.5 Å². The molecule has 0 radical (unpaired) electrons. The summed E-state index contributed by atoms with van der Waals surface area (Å²) >= 11 is 0. The first kappa shape index (κ1) is 16.0. The monoisotopic (exact) mass is 319 g/mol. The Kier molecular flexibility index (Phi) is 4.45. The summed E-state index contributed by atoms with van der Waals surface area (Å²) < 4.78 is 0. The van der Waals surface area contributed by atoms with Gasteiger partial charge in [-0.1, -0.05) is 36.1 Å². The van der Waals surface area contributed by atoms with Gasteiger partial charge in [0.15, 0.2) is 0 Å². The highest BCUT2D eigenvalue weighted by Gasteiger charge is 2.38. The quantitative estimate of drug-likeness (QED) is 0.699. The summed E-state index contributed by atoms with van der Waals surface area (Å²) in [5.41, 5.74) is 2.55. The maximum atomic E-state index is 12.6. The van der Waals surface area contributed by atoms with Crippen molar-refractivity contribution in [2.45, 2.75) is 19.4 Å². The largest absolute Gasteiger partial charge is 0.395 e. The number of imide groups is 1. The van der Waals surface area contributed by atoms with Crippen molar-refractivity contribution in [1.29, 1.82) is 0 Å². The lowest BCUT2D eigenvalue weighted by atomic mass is 10.0. The molecule has 24 heavy (non-hydrogen) atoms. The maximum Gasteiger partial charge on any atom is 0.262 e. The van der Waals surface area contributed by atoms with Crippen LogP contribution in [0.4, 0.5) is 0 Å². The third-order valence-electron chi connectivity index (χ3n) is 4.05. The molecule has 3 rings (SSSR count). The molecule has 4 heteroatoms. The fourth-order valence-electron chi connectivity index (χ4n) is 2.81. The Morgan fingerprint density at radius 2 is 1.71 bits per heavy atom. The standard InChI is InChI=1S/C20H17NO3/c1-14(16-9-6-8-15(13-16)7-4-5-12-22)21-19(23)17-10-2-3-11-18(17)20(21)24/h2-3,6,8-11,13-14,22H,5,12H2,1H3. The number of amides is 2. The highest BCUT2D eigenvalue weighted by Crippen LogP contribution is 2.31. The number of carbonyl (C=O) groups excluding carboxylic acids is 2. The van der Waals surface area contributed by atoms with Crippen LogP contribution in [0.2, 0.25) is 0 Å². The second-order valence-corrected chi connectivity index (χ2v) is 5.60. The van der Waals surface area contributed by atoms with Gasteiger partial charge in [-0.15, -0.1) is 0 Å². The highest BCUT2D eigenvalue weighted by atomic mass is 16.2. The Balaban J connectivity index is 1.90. The van der Waals surface area contributed by atoms with Crippen LogP contribution in [0.3, 0.4) is 0 Å². The number of aliphatic hydroxyl groups is 1. The first-order valence-electron chi connectivity index (χ1n) is 7.80. The Hall–Kier alpha value is -2.90. The zero-order valence-corrected chi connectivity index (χ0v) is 13.3. The van der Waals surface area contributed by atoms with E-state index >= 15 is 0 Å². The summed E-state index contributed by atoms with van der Waals surface area (Å²) in [5.74, 6) is 5.32. The van der Waals surface area contributed by atoms with Gasteiger partial charge in [0.05, 0.1) is 23.8 Å². The third-order valence-corrected chi connectivity index (χ3v) is 4.05. The molecule has 1 unspecified atom stereocenters. The second kappa shape index (κ2) is 6.69. The molecule has 0 fully saturated rings. The molecule has 4 nitrogen and oxygen atoms in total. The minimum absolute atomic E-state index is 0.0259. The van der Waals surface area contributed by atoms with Crippen LogP contribution in [-0.4, -0.2) is 28.4 Å². The molecule has 0 spiro atoms. The molecule has 0 bridgehead atoms. The minimum Gasteiger partial charge on any atom is -0.395 e. The molecule has 0 aromatic heterocycles. The SMILES string of the molecule is CC(c1cccc(C#CCCO)c1)N1C(=O)c2ccccc2C1=O. The van der Waals surface area contributed by atoms with Crippen LogP contribution in [0, 0.1) is 11.8 Å². The number of nitrogens with zero attached hydrogens (tertiary/aromatic N) is 1. The van der Waals surface area contributed by atoms with Crippen molar-refractivity contribution in [2.75, 3.05) is 6.61 Å². The average molecular weight is 319 g/mol. The van der Waals surface area contributed by atoms with Crippen molar-refractivity contribution < 1.29 is 14.7 Å². The van der Waals surface area contributed by atoms with Crippen LogP contribution < -0.4 is 0 Å². The molecule has 120 valence electrons. The summed E-state index contributed by atoms with van der Waals surface area (Å²) in [6.07, 6.45) is 0.415. The van der Waals surface area contributed by atoms with Crippen molar-refractivity contribution in [2.24, 2.45) is 0 Å². The lowest BCUT2D eigenvalue weighted by Gasteiger charge is -2.23. The van der Waals surface area contributed by atoms with Gasteiger partial charge in [-0.05, 0) is 36.8 Å². The highest BCUT2D eigenvalue weighted by molar-refractivity contribution is 6.21. The number of aliphatic hydroxyl groups excluding tert-OH is 1. The number of benzene rings is 2. The molecule has 1 N–H and O–H groups in total. The average Bonchev–Trinajstić information content (AvgIpc) is 2.86. The summed E-state index contributed by atoms with van der Waals surface area (Å²) in [4.78, 5) is 26.4. The summed E-state index contributed by atoms with van der Waals surface area (Å²) in [5, 5.41) is 8.79. The molecule has 2 aromatic carbocycles. The van der Waals surface area contributed by atoms with Crippen LogP contribution in [0.25, 0.3) is 0 Å². The Labute approximate surface area is 140 Å². The molecule has 2 aromatic rings. The third kappa shape index (κ3) is 2.82. The fourth-order valence-corrected chi connectivity index (χ4v) is 2.81. The number of hydrogen-bond donors (Lipinski definition) is 1. The zero-order valence-electron chi connectivity index (χ0n) is 13.3. The van der Waals surface area contributed by atoms with Gasteiger partial charge in [-0.25, -0.2) is 0 Å². The first-order valence-corrected chi connectivity index (χ1v) is 7.80. The summed E-state index contributed by atoms with van der Waals surface area (Å²) in [6.45, 7) is 1.86. The van der Waals surface area contributed by atoms with E-state index in [-0.39, 0.29) is 24.5 Å². The smallest absolute Gasteiger partial charge is 0.262 e.